The Morgan fingerprint density at radius 2 is 1.95 bits per heavy atom. The van der Waals surface area contributed by atoms with Crippen molar-refractivity contribution >= 4 is 27.3 Å². The molecule has 0 aliphatic heterocycles. The Morgan fingerprint density at radius 1 is 1.20 bits per heavy atom. The van der Waals surface area contributed by atoms with Gasteiger partial charge in [-0.2, -0.15) is 0 Å². The Labute approximate surface area is 123 Å². The van der Waals surface area contributed by atoms with Crippen LogP contribution in [0.1, 0.15) is 11.1 Å². The molecular weight excluding hydrogens is 296 g/mol. The summed E-state index contributed by atoms with van der Waals surface area (Å²) < 4.78 is 27.1. The molecule has 0 heterocycles. The zero-order chi connectivity index (χ0) is 14.8. The van der Waals surface area contributed by atoms with Gasteiger partial charge in [-0.25, -0.2) is 8.42 Å². The number of hydrogen-bond donors (Lipinski definition) is 2. The van der Waals surface area contributed by atoms with Gasteiger partial charge in [0.1, 0.15) is 0 Å². The van der Waals surface area contributed by atoms with Crippen molar-refractivity contribution in [1.29, 1.82) is 0 Å². The molecule has 2 aromatic carbocycles. The van der Waals surface area contributed by atoms with E-state index in [-0.39, 0.29) is 11.4 Å². The normalized spacial score (nSPS) is 11.3. The van der Waals surface area contributed by atoms with E-state index >= 15 is 0 Å². The predicted molar refractivity (Wildman–Crippen MR) is 81.3 cm³/mol. The Morgan fingerprint density at radius 3 is 2.60 bits per heavy atom. The lowest BCUT2D eigenvalue weighted by molar-refractivity contribution is 0.601. The topological polar surface area (TPSA) is 72.2 Å². The first-order chi connectivity index (χ1) is 9.42. The van der Waals surface area contributed by atoms with Gasteiger partial charge >= 0.3 is 0 Å². The van der Waals surface area contributed by atoms with Crippen molar-refractivity contribution in [3.63, 3.8) is 0 Å². The molecule has 0 spiro atoms. The van der Waals surface area contributed by atoms with Crippen LogP contribution in [-0.4, -0.2) is 8.42 Å². The average molecular weight is 311 g/mol. The number of aryl methyl sites for hydroxylation is 1. The fourth-order valence-electron chi connectivity index (χ4n) is 1.75. The van der Waals surface area contributed by atoms with E-state index in [4.69, 9.17) is 17.3 Å². The van der Waals surface area contributed by atoms with Crippen LogP contribution >= 0.6 is 11.6 Å². The van der Waals surface area contributed by atoms with Crippen LogP contribution in [0.2, 0.25) is 5.02 Å². The summed E-state index contributed by atoms with van der Waals surface area (Å²) in [6, 6.07) is 11.6. The molecule has 0 aliphatic carbocycles. The second-order valence-electron chi connectivity index (χ2n) is 4.44. The van der Waals surface area contributed by atoms with Gasteiger partial charge in [0, 0.05) is 6.54 Å². The van der Waals surface area contributed by atoms with Crippen LogP contribution < -0.4 is 10.5 Å². The number of hydrogen-bond acceptors (Lipinski definition) is 3. The van der Waals surface area contributed by atoms with Crippen molar-refractivity contribution in [2.75, 3.05) is 4.72 Å². The maximum absolute atomic E-state index is 12.3. The van der Waals surface area contributed by atoms with Crippen molar-refractivity contribution in [1.82, 2.24) is 0 Å². The molecule has 0 amide bonds. The molecule has 20 heavy (non-hydrogen) atoms. The number of nitrogens with one attached hydrogen (secondary N) is 1. The van der Waals surface area contributed by atoms with Gasteiger partial charge in [-0.05, 0) is 42.3 Å². The van der Waals surface area contributed by atoms with Crippen molar-refractivity contribution < 1.29 is 8.42 Å². The third kappa shape index (κ3) is 3.30. The van der Waals surface area contributed by atoms with E-state index in [9.17, 15) is 8.42 Å². The molecule has 0 fully saturated rings. The molecule has 0 atom stereocenters. The summed E-state index contributed by atoms with van der Waals surface area (Å²) in [5.41, 5.74) is 7.59. The second kappa shape index (κ2) is 5.83. The largest absolute Gasteiger partial charge is 0.326 e. The van der Waals surface area contributed by atoms with E-state index in [1.165, 1.54) is 6.07 Å². The molecule has 0 saturated heterocycles. The molecule has 0 unspecified atom stereocenters. The first-order valence-corrected chi connectivity index (χ1v) is 7.86. The fraction of sp³-hybridized carbons (Fsp3) is 0.143. The zero-order valence-corrected chi connectivity index (χ0v) is 12.5. The van der Waals surface area contributed by atoms with E-state index in [2.05, 4.69) is 4.72 Å². The molecule has 2 aromatic rings. The number of rotatable bonds is 4. The zero-order valence-electron chi connectivity index (χ0n) is 10.9. The van der Waals surface area contributed by atoms with Gasteiger partial charge in [-0.1, -0.05) is 29.8 Å². The quantitative estimate of drug-likeness (QED) is 0.912. The second-order valence-corrected chi connectivity index (χ2v) is 6.53. The number of anilines is 1. The molecule has 106 valence electrons. The monoisotopic (exact) mass is 310 g/mol. The minimum Gasteiger partial charge on any atom is -0.326 e. The first kappa shape index (κ1) is 14.8. The lowest BCUT2D eigenvalue weighted by Crippen LogP contribution is -2.14. The van der Waals surface area contributed by atoms with Crippen molar-refractivity contribution in [2.45, 2.75) is 18.4 Å². The van der Waals surface area contributed by atoms with E-state index in [1.54, 1.807) is 36.4 Å². The highest BCUT2D eigenvalue weighted by atomic mass is 35.5. The minimum atomic E-state index is -3.67. The van der Waals surface area contributed by atoms with Crippen molar-refractivity contribution in [3.05, 3.63) is 58.6 Å². The van der Waals surface area contributed by atoms with Gasteiger partial charge in [0.05, 0.1) is 15.6 Å². The Bertz CT molecular complexity index is 730. The van der Waals surface area contributed by atoms with Gasteiger partial charge in [-0.3, -0.25) is 4.72 Å². The molecule has 0 bridgehead atoms. The molecule has 0 aliphatic rings. The molecule has 0 saturated carbocycles. The van der Waals surface area contributed by atoms with Gasteiger partial charge in [-0.15, -0.1) is 0 Å². The van der Waals surface area contributed by atoms with Crippen molar-refractivity contribution in [3.8, 4) is 0 Å². The van der Waals surface area contributed by atoms with E-state index in [1.807, 2.05) is 6.92 Å². The van der Waals surface area contributed by atoms with E-state index < -0.39 is 10.0 Å². The summed E-state index contributed by atoms with van der Waals surface area (Å²) in [6.07, 6.45) is 0. The molecule has 6 heteroatoms. The lowest BCUT2D eigenvalue weighted by Gasteiger charge is -2.11. The highest BCUT2D eigenvalue weighted by Crippen LogP contribution is 2.25. The summed E-state index contributed by atoms with van der Waals surface area (Å²) in [5.74, 6) is 0. The summed E-state index contributed by atoms with van der Waals surface area (Å²) in [5, 5.41) is 0.364. The average Bonchev–Trinajstić information content (AvgIpc) is 2.42. The first-order valence-electron chi connectivity index (χ1n) is 6.00. The summed E-state index contributed by atoms with van der Waals surface area (Å²) >= 11 is 6.03. The smallest absolute Gasteiger partial charge is 0.261 e. The molecule has 3 N–H and O–H groups in total. The molecular formula is C14H15ClN2O2S. The summed E-state index contributed by atoms with van der Waals surface area (Å²) in [7, 11) is -3.67. The van der Waals surface area contributed by atoms with Gasteiger partial charge in [0.25, 0.3) is 10.0 Å². The standard InChI is InChI=1S/C14H15ClN2O2S/c1-10-5-6-14(13(15)7-10)17-20(18,19)12-4-2-3-11(8-12)9-16/h2-8,17H,9,16H2,1H3. The van der Waals surface area contributed by atoms with Crippen LogP contribution in [0.5, 0.6) is 0 Å². The van der Waals surface area contributed by atoms with Crippen LogP contribution in [0.3, 0.4) is 0 Å². The van der Waals surface area contributed by atoms with Gasteiger partial charge in [0.15, 0.2) is 0 Å². The SMILES string of the molecule is Cc1ccc(NS(=O)(=O)c2cccc(CN)c2)c(Cl)c1. The minimum absolute atomic E-state index is 0.164. The molecule has 0 aromatic heterocycles. The van der Waals surface area contributed by atoms with E-state index in [0.717, 1.165) is 11.1 Å². The molecule has 4 nitrogen and oxygen atoms in total. The van der Waals surface area contributed by atoms with Crippen LogP contribution in [0.25, 0.3) is 0 Å². The Kier molecular flexibility index (Phi) is 4.32. The van der Waals surface area contributed by atoms with Crippen LogP contribution in [-0.2, 0) is 16.6 Å². The van der Waals surface area contributed by atoms with Crippen LogP contribution in [0, 0.1) is 6.92 Å². The van der Waals surface area contributed by atoms with Crippen LogP contribution in [0.15, 0.2) is 47.4 Å². The van der Waals surface area contributed by atoms with E-state index in [0.29, 0.717) is 10.7 Å². The predicted octanol–water partition coefficient (Wildman–Crippen LogP) is 2.91. The lowest BCUT2D eigenvalue weighted by atomic mass is 10.2. The van der Waals surface area contributed by atoms with Gasteiger partial charge in [0.2, 0.25) is 0 Å². The highest BCUT2D eigenvalue weighted by molar-refractivity contribution is 7.92. The van der Waals surface area contributed by atoms with Crippen LogP contribution in [0.4, 0.5) is 5.69 Å². The Hall–Kier alpha value is -1.56. The third-order valence-electron chi connectivity index (χ3n) is 2.81. The molecule has 2 rings (SSSR count). The maximum Gasteiger partial charge on any atom is 0.261 e. The Balaban J connectivity index is 2.35. The number of benzene rings is 2. The highest BCUT2D eigenvalue weighted by Gasteiger charge is 2.16. The van der Waals surface area contributed by atoms with Gasteiger partial charge < -0.3 is 5.73 Å². The summed E-state index contributed by atoms with van der Waals surface area (Å²) in [6.45, 7) is 2.17. The fourth-order valence-corrected chi connectivity index (χ4v) is 3.23. The van der Waals surface area contributed by atoms with Crippen molar-refractivity contribution in [2.24, 2.45) is 5.73 Å². The molecule has 0 radical (unpaired) electrons. The number of nitrogens with two attached hydrogens (primary N) is 1. The number of sulfonamides is 1. The summed E-state index contributed by atoms with van der Waals surface area (Å²) in [4.78, 5) is 0.164. The third-order valence-corrected chi connectivity index (χ3v) is 4.49. The number of halogens is 1. The maximum atomic E-state index is 12.3.